The van der Waals surface area contributed by atoms with Gasteiger partial charge in [-0.05, 0) is 19.1 Å². The average molecular weight is 235 g/mol. The predicted octanol–water partition coefficient (Wildman–Crippen LogP) is 0.856. The van der Waals surface area contributed by atoms with Crippen molar-refractivity contribution in [2.24, 2.45) is 0 Å². The van der Waals surface area contributed by atoms with Gasteiger partial charge in [0.15, 0.2) is 19.2 Å². The summed E-state index contributed by atoms with van der Waals surface area (Å²) in [5.74, 6) is 0.0812. The molecular weight excluding hydrogens is 216 g/mol. The Bertz CT molecular complexity index is 391. The quantitative estimate of drug-likeness (QED) is 0.590. The molecule has 4 heteroatoms. The molecule has 4 nitrogen and oxygen atoms in total. The Labute approximate surface area is 101 Å². The molecule has 0 aromatic heterocycles. The fourth-order valence-corrected chi connectivity index (χ4v) is 2.10. The van der Waals surface area contributed by atoms with Crippen molar-refractivity contribution in [3.63, 3.8) is 0 Å². The topological polar surface area (TPSA) is 46.7 Å². The Morgan fingerprint density at radius 3 is 2.35 bits per heavy atom. The number of nitrogens with zero attached hydrogens (tertiary/aromatic N) is 2. The summed E-state index contributed by atoms with van der Waals surface area (Å²) < 4.78 is 1.84. The summed E-state index contributed by atoms with van der Waals surface area (Å²) >= 11 is 0. The fraction of sp³-hybridized carbons (Fsp3) is 0.462. The lowest BCUT2D eigenvalue weighted by atomic mass is 10.2. The van der Waals surface area contributed by atoms with Gasteiger partial charge in [0.1, 0.15) is 0 Å². The van der Waals surface area contributed by atoms with Crippen LogP contribution in [0, 0.1) is 0 Å². The molecule has 1 aromatic carbocycles. The molecule has 0 aliphatic carbocycles. The number of rotatable bonds is 2. The van der Waals surface area contributed by atoms with Gasteiger partial charge >= 0.3 is 5.90 Å². The molecule has 1 unspecified atom stereocenters. The lowest BCUT2D eigenvalue weighted by Crippen LogP contribution is -2.45. The van der Waals surface area contributed by atoms with Crippen molar-refractivity contribution in [1.82, 2.24) is 0 Å². The first-order chi connectivity index (χ1) is 8.18. The first-order valence-electron chi connectivity index (χ1n) is 5.97. The zero-order valence-electron chi connectivity index (χ0n) is 10.1. The molecule has 0 spiro atoms. The van der Waals surface area contributed by atoms with Crippen molar-refractivity contribution in [3.05, 3.63) is 30.3 Å². The third-order valence-electron chi connectivity index (χ3n) is 3.10. The first kappa shape index (κ1) is 11.9. The van der Waals surface area contributed by atoms with Crippen LogP contribution in [0.4, 0.5) is 5.69 Å². The zero-order valence-corrected chi connectivity index (χ0v) is 10.1. The predicted molar refractivity (Wildman–Crippen MR) is 68.0 cm³/mol. The maximum Gasteiger partial charge on any atom is 0.363 e. The molecule has 1 heterocycles. The molecule has 1 aromatic rings. The van der Waals surface area contributed by atoms with E-state index in [4.69, 9.17) is 0 Å². The van der Waals surface area contributed by atoms with Crippen LogP contribution in [0.3, 0.4) is 0 Å². The molecule has 0 bridgehead atoms. The molecule has 1 fully saturated rings. The van der Waals surface area contributed by atoms with Crippen molar-refractivity contribution in [2.45, 2.75) is 13.0 Å². The molecule has 1 aliphatic rings. The van der Waals surface area contributed by atoms with Crippen molar-refractivity contribution in [2.75, 3.05) is 31.1 Å². The molecule has 1 aliphatic heterocycles. The fourth-order valence-electron chi connectivity index (χ4n) is 2.10. The van der Waals surface area contributed by atoms with Gasteiger partial charge < -0.3 is 15.1 Å². The molecule has 0 radical (unpaired) electrons. The van der Waals surface area contributed by atoms with Crippen molar-refractivity contribution < 1.29 is 14.8 Å². The molecule has 1 atom stereocenters. The largest absolute Gasteiger partial charge is 0.462 e. The molecule has 0 amide bonds. The SMILES string of the molecule is CC(O)C(O)=[N+]1CCN(c2ccccc2)CC1. The van der Waals surface area contributed by atoms with Crippen molar-refractivity contribution >= 4 is 11.6 Å². The Morgan fingerprint density at radius 2 is 1.82 bits per heavy atom. The Morgan fingerprint density at radius 1 is 1.24 bits per heavy atom. The van der Waals surface area contributed by atoms with E-state index >= 15 is 0 Å². The lowest BCUT2D eigenvalue weighted by molar-refractivity contribution is -0.539. The third-order valence-corrected chi connectivity index (χ3v) is 3.10. The van der Waals surface area contributed by atoms with E-state index in [-0.39, 0.29) is 5.90 Å². The summed E-state index contributed by atoms with van der Waals surface area (Å²) in [5, 5.41) is 19.0. The lowest BCUT2D eigenvalue weighted by Gasteiger charge is -2.27. The molecule has 2 rings (SSSR count). The Balaban J connectivity index is 2.02. The summed E-state index contributed by atoms with van der Waals surface area (Å²) in [6, 6.07) is 10.2. The average Bonchev–Trinajstić information content (AvgIpc) is 2.39. The van der Waals surface area contributed by atoms with Crippen LogP contribution in [0.1, 0.15) is 6.92 Å². The van der Waals surface area contributed by atoms with Gasteiger partial charge in [-0.3, -0.25) is 0 Å². The molecule has 2 N–H and O–H groups in total. The summed E-state index contributed by atoms with van der Waals surface area (Å²) in [5.41, 5.74) is 1.21. The van der Waals surface area contributed by atoms with Gasteiger partial charge in [-0.1, -0.05) is 18.2 Å². The van der Waals surface area contributed by atoms with Gasteiger partial charge in [-0.2, -0.15) is 4.58 Å². The van der Waals surface area contributed by atoms with Crippen LogP contribution in [0.25, 0.3) is 0 Å². The van der Waals surface area contributed by atoms with E-state index in [1.165, 1.54) is 5.69 Å². The van der Waals surface area contributed by atoms with Crippen LogP contribution in [-0.2, 0) is 0 Å². The van der Waals surface area contributed by atoms with Gasteiger partial charge in [0.25, 0.3) is 0 Å². The van der Waals surface area contributed by atoms with Crippen LogP contribution in [0.2, 0.25) is 0 Å². The van der Waals surface area contributed by atoms with E-state index in [1.807, 2.05) is 22.8 Å². The van der Waals surface area contributed by atoms with Crippen LogP contribution in [-0.4, -0.2) is 53.0 Å². The number of para-hydroxylation sites is 1. The van der Waals surface area contributed by atoms with Crippen LogP contribution >= 0.6 is 0 Å². The van der Waals surface area contributed by atoms with E-state index in [9.17, 15) is 10.2 Å². The second-order valence-electron chi connectivity index (χ2n) is 4.34. The van der Waals surface area contributed by atoms with E-state index in [0.29, 0.717) is 0 Å². The maximum absolute atomic E-state index is 9.68. The minimum absolute atomic E-state index is 0.0812. The highest BCUT2D eigenvalue weighted by atomic mass is 16.3. The second-order valence-corrected chi connectivity index (χ2v) is 4.34. The smallest absolute Gasteiger partial charge is 0.363 e. The minimum Gasteiger partial charge on any atom is -0.462 e. The number of aliphatic hydroxyl groups is 2. The van der Waals surface area contributed by atoms with Crippen molar-refractivity contribution in [1.29, 1.82) is 0 Å². The minimum atomic E-state index is -0.779. The zero-order chi connectivity index (χ0) is 12.3. The highest BCUT2D eigenvalue weighted by Gasteiger charge is 2.24. The normalized spacial score (nSPS) is 18.0. The number of piperazine rings is 1. The number of hydrogen-bond acceptors (Lipinski definition) is 2. The Kier molecular flexibility index (Phi) is 3.64. The first-order valence-corrected chi connectivity index (χ1v) is 5.97. The molecule has 92 valence electrons. The highest BCUT2D eigenvalue weighted by molar-refractivity contribution is 5.72. The van der Waals surface area contributed by atoms with Gasteiger partial charge in [0.05, 0.1) is 13.1 Å². The number of anilines is 1. The van der Waals surface area contributed by atoms with Crippen LogP contribution in [0.5, 0.6) is 0 Å². The second kappa shape index (κ2) is 5.19. The Hall–Kier alpha value is -1.55. The van der Waals surface area contributed by atoms with Gasteiger partial charge in [0, 0.05) is 5.69 Å². The summed E-state index contributed by atoms with van der Waals surface area (Å²) in [6.45, 7) is 4.79. The van der Waals surface area contributed by atoms with E-state index in [2.05, 4.69) is 17.0 Å². The monoisotopic (exact) mass is 235 g/mol. The number of hydrogen-bond donors (Lipinski definition) is 2. The standard InChI is InChI=1S/C13H18N2O2/c1-11(16)13(17)15-9-7-14(8-10-15)12-5-3-2-4-6-12/h2-6,11,16H,7-10H2,1H3/p+1. The van der Waals surface area contributed by atoms with E-state index < -0.39 is 6.10 Å². The van der Waals surface area contributed by atoms with Crippen LogP contribution in [0.15, 0.2) is 30.3 Å². The summed E-state index contributed by atoms with van der Waals surface area (Å²) in [6.07, 6.45) is -0.779. The summed E-state index contributed by atoms with van der Waals surface area (Å²) in [4.78, 5) is 2.28. The van der Waals surface area contributed by atoms with Crippen molar-refractivity contribution in [3.8, 4) is 0 Å². The third kappa shape index (κ3) is 2.77. The maximum atomic E-state index is 9.68. The van der Waals surface area contributed by atoms with E-state index in [0.717, 1.165) is 26.2 Å². The highest BCUT2D eigenvalue weighted by Crippen LogP contribution is 2.14. The van der Waals surface area contributed by atoms with Gasteiger partial charge in [-0.15, -0.1) is 0 Å². The molecular formula is C13H19N2O2+. The number of aliphatic hydroxyl groups excluding tert-OH is 2. The molecule has 0 saturated carbocycles. The van der Waals surface area contributed by atoms with Gasteiger partial charge in [0.2, 0.25) is 0 Å². The molecule has 17 heavy (non-hydrogen) atoms. The van der Waals surface area contributed by atoms with E-state index in [1.54, 1.807) is 6.92 Å². The number of benzene rings is 1. The van der Waals surface area contributed by atoms with Crippen LogP contribution < -0.4 is 4.90 Å². The summed E-state index contributed by atoms with van der Waals surface area (Å²) in [7, 11) is 0. The van der Waals surface area contributed by atoms with Gasteiger partial charge in [-0.25, -0.2) is 0 Å². The molecule has 1 saturated heterocycles.